The topological polar surface area (TPSA) is 115 Å². The summed E-state index contributed by atoms with van der Waals surface area (Å²) in [5.74, 6) is 1.03. The van der Waals surface area contributed by atoms with E-state index >= 15 is 0 Å². The van der Waals surface area contributed by atoms with Crippen LogP contribution in [0, 0.1) is 22.0 Å². The summed E-state index contributed by atoms with van der Waals surface area (Å²) in [6.45, 7) is 1.85. The number of rotatable bonds is 8. The van der Waals surface area contributed by atoms with Crippen LogP contribution in [-0.2, 0) is 31.2 Å². The van der Waals surface area contributed by atoms with Crippen LogP contribution in [0.2, 0.25) is 0 Å². The van der Waals surface area contributed by atoms with E-state index in [4.69, 9.17) is 4.98 Å². The number of piperidine rings is 1. The van der Waals surface area contributed by atoms with Crippen molar-refractivity contribution in [2.75, 3.05) is 18.0 Å². The van der Waals surface area contributed by atoms with Crippen molar-refractivity contribution in [1.29, 1.82) is 0 Å². The number of anilines is 1. The molecule has 3 aliphatic rings. The van der Waals surface area contributed by atoms with Gasteiger partial charge in [0.2, 0.25) is 5.91 Å². The second-order valence-electron chi connectivity index (χ2n) is 12.3. The van der Waals surface area contributed by atoms with E-state index in [1.54, 1.807) is 18.2 Å². The predicted octanol–water partition coefficient (Wildman–Crippen LogP) is 4.34. The summed E-state index contributed by atoms with van der Waals surface area (Å²) in [7, 11) is 2.06. The van der Waals surface area contributed by atoms with E-state index in [2.05, 4.69) is 27.9 Å². The summed E-state index contributed by atoms with van der Waals surface area (Å²) in [6.07, 6.45) is 5.10. The molecule has 3 aliphatic heterocycles. The fraction of sp³-hybridized carbons (Fsp3) is 0.424. The second kappa shape index (κ2) is 11.0. The van der Waals surface area contributed by atoms with Crippen LogP contribution in [0.3, 0.4) is 0 Å². The van der Waals surface area contributed by atoms with Gasteiger partial charge in [0.1, 0.15) is 5.82 Å². The Morgan fingerprint density at radius 1 is 1.07 bits per heavy atom. The molecule has 4 atom stereocenters. The SMILES string of the molecule is Cn1c(CCCCCNC(=O)[C@@H]2Cc3cc([N+](=O)[O-])ccc3N3CC4CC(Cn5c4cccc5=O)[C@@H]23)nc2ccccc21. The van der Waals surface area contributed by atoms with Gasteiger partial charge in [-0.3, -0.25) is 19.7 Å². The molecule has 0 spiro atoms. The highest BCUT2D eigenvalue weighted by Gasteiger charge is 2.49. The molecule has 10 heteroatoms. The fourth-order valence-electron chi connectivity index (χ4n) is 7.80. The zero-order valence-electron chi connectivity index (χ0n) is 24.3. The average molecular weight is 581 g/mol. The van der Waals surface area contributed by atoms with Crippen molar-refractivity contribution in [2.24, 2.45) is 18.9 Å². The van der Waals surface area contributed by atoms with Gasteiger partial charge in [0.05, 0.1) is 21.9 Å². The molecular formula is C33H36N6O4. The number of nitrogens with zero attached hydrogens (tertiary/aromatic N) is 5. The first-order valence-electron chi connectivity index (χ1n) is 15.3. The zero-order valence-corrected chi connectivity index (χ0v) is 24.3. The number of aromatic nitrogens is 3. The van der Waals surface area contributed by atoms with Gasteiger partial charge in [-0.05, 0) is 61.4 Å². The highest BCUT2D eigenvalue weighted by atomic mass is 16.6. The van der Waals surface area contributed by atoms with Gasteiger partial charge in [-0.25, -0.2) is 4.98 Å². The lowest BCUT2D eigenvalue weighted by molar-refractivity contribution is -0.384. The number of nitrogens with one attached hydrogen (secondary N) is 1. The number of nitro groups is 1. The van der Waals surface area contributed by atoms with E-state index in [1.807, 2.05) is 41.0 Å². The Morgan fingerprint density at radius 3 is 2.77 bits per heavy atom. The van der Waals surface area contributed by atoms with Crippen molar-refractivity contribution in [2.45, 2.75) is 57.0 Å². The molecule has 4 aromatic rings. The van der Waals surface area contributed by atoms with Crippen molar-refractivity contribution in [1.82, 2.24) is 19.4 Å². The minimum absolute atomic E-state index is 0.00660. The molecule has 10 nitrogen and oxygen atoms in total. The number of hydrogen-bond acceptors (Lipinski definition) is 6. The monoisotopic (exact) mass is 580 g/mol. The van der Waals surface area contributed by atoms with E-state index in [9.17, 15) is 19.7 Å². The third-order valence-electron chi connectivity index (χ3n) is 9.79. The molecule has 2 aromatic heterocycles. The first-order chi connectivity index (χ1) is 20.9. The number of para-hydroxylation sites is 2. The smallest absolute Gasteiger partial charge is 0.269 e. The van der Waals surface area contributed by atoms with Crippen molar-refractivity contribution in [3.8, 4) is 0 Å². The first-order valence-corrected chi connectivity index (χ1v) is 15.3. The Kier molecular flexibility index (Phi) is 6.99. The molecule has 0 aliphatic carbocycles. The lowest BCUT2D eigenvalue weighted by Gasteiger charge is -2.54. The van der Waals surface area contributed by atoms with Gasteiger partial charge in [0, 0.05) is 74.6 Å². The Labute approximate surface area is 249 Å². The molecule has 0 saturated carbocycles. The summed E-state index contributed by atoms with van der Waals surface area (Å²) in [6, 6.07) is 18.6. The van der Waals surface area contributed by atoms with Gasteiger partial charge in [-0.15, -0.1) is 0 Å². The normalized spacial score (nSPS) is 22.0. The molecular weight excluding hydrogens is 544 g/mol. The summed E-state index contributed by atoms with van der Waals surface area (Å²) in [4.78, 5) is 44.8. The maximum absolute atomic E-state index is 13.8. The quantitative estimate of drug-likeness (QED) is 0.188. The Bertz CT molecular complexity index is 1780. The summed E-state index contributed by atoms with van der Waals surface area (Å²) < 4.78 is 4.04. The zero-order chi connectivity index (χ0) is 29.7. The summed E-state index contributed by atoms with van der Waals surface area (Å²) in [5, 5.41) is 14.8. The van der Waals surface area contributed by atoms with Gasteiger partial charge < -0.3 is 19.4 Å². The van der Waals surface area contributed by atoms with Gasteiger partial charge in [-0.1, -0.05) is 24.6 Å². The molecule has 2 unspecified atom stereocenters. The minimum Gasteiger partial charge on any atom is -0.366 e. The number of benzene rings is 2. The van der Waals surface area contributed by atoms with Crippen molar-refractivity contribution < 1.29 is 9.72 Å². The van der Waals surface area contributed by atoms with Gasteiger partial charge >= 0.3 is 0 Å². The average Bonchev–Trinajstić information content (AvgIpc) is 3.33. The number of nitro benzene ring substituents is 1. The molecule has 2 aromatic carbocycles. The molecule has 2 bridgehead atoms. The number of imidazole rings is 1. The third kappa shape index (κ3) is 4.88. The standard InChI is InChI=1S/C33H36N6O4/c1-36-29-9-5-4-8-26(29)35-30(36)11-3-2-6-15-34-33(41)25-18-21-17-24(39(42)43)13-14-28(21)38-19-22-16-23(32(25)38)20-37-27(22)10-7-12-31(37)40/h4-5,7-10,12-14,17,22-23,25,32H,2-3,6,11,15-16,18-20H2,1H3,(H,34,41)/t22?,23?,25-,32+/m1/s1. The van der Waals surface area contributed by atoms with E-state index < -0.39 is 0 Å². The van der Waals surface area contributed by atoms with Crippen LogP contribution in [0.5, 0.6) is 0 Å². The Morgan fingerprint density at radius 2 is 1.93 bits per heavy atom. The molecule has 43 heavy (non-hydrogen) atoms. The van der Waals surface area contributed by atoms with E-state index in [0.717, 1.165) is 65.9 Å². The number of unbranched alkanes of at least 4 members (excludes halogenated alkanes) is 2. The van der Waals surface area contributed by atoms with Crippen LogP contribution < -0.4 is 15.8 Å². The van der Waals surface area contributed by atoms with Crippen LogP contribution >= 0.6 is 0 Å². The summed E-state index contributed by atoms with van der Waals surface area (Å²) >= 11 is 0. The number of pyridine rings is 1. The number of aryl methyl sites for hydroxylation is 2. The molecule has 5 heterocycles. The molecule has 1 saturated heterocycles. The number of fused-ring (bicyclic) bond motifs is 9. The van der Waals surface area contributed by atoms with Crippen molar-refractivity contribution in [3.63, 3.8) is 0 Å². The predicted molar refractivity (Wildman–Crippen MR) is 164 cm³/mol. The highest BCUT2D eigenvalue weighted by Crippen LogP contribution is 2.47. The number of non-ortho nitro benzene ring substituents is 1. The molecule has 7 rings (SSSR count). The Balaban J connectivity index is 1.05. The van der Waals surface area contributed by atoms with Crippen molar-refractivity contribution >= 4 is 28.3 Å². The lowest BCUT2D eigenvalue weighted by Crippen LogP contribution is -2.61. The largest absolute Gasteiger partial charge is 0.366 e. The molecule has 1 fully saturated rings. The van der Waals surface area contributed by atoms with Crippen molar-refractivity contribution in [3.05, 3.63) is 98.2 Å². The third-order valence-corrected chi connectivity index (χ3v) is 9.79. The van der Waals surface area contributed by atoms with Crippen LogP contribution in [-0.4, -0.2) is 44.1 Å². The number of carbonyl (C=O) groups is 1. The van der Waals surface area contributed by atoms with Crippen LogP contribution in [0.25, 0.3) is 11.0 Å². The van der Waals surface area contributed by atoms with Crippen LogP contribution in [0.15, 0.2) is 65.5 Å². The second-order valence-corrected chi connectivity index (χ2v) is 12.3. The highest BCUT2D eigenvalue weighted by molar-refractivity contribution is 5.82. The number of hydrogen-bond donors (Lipinski definition) is 1. The maximum Gasteiger partial charge on any atom is 0.269 e. The Hall–Kier alpha value is -4.47. The number of amides is 1. The van der Waals surface area contributed by atoms with E-state index in [1.165, 1.54) is 0 Å². The summed E-state index contributed by atoms with van der Waals surface area (Å²) in [5.41, 5.74) is 5.06. The van der Waals surface area contributed by atoms with Gasteiger partial charge in [0.25, 0.3) is 11.2 Å². The first kappa shape index (κ1) is 27.4. The van der Waals surface area contributed by atoms with Gasteiger partial charge in [-0.2, -0.15) is 0 Å². The van der Waals surface area contributed by atoms with E-state index in [0.29, 0.717) is 26.1 Å². The fourth-order valence-corrected chi connectivity index (χ4v) is 7.80. The van der Waals surface area contributed by atoms with Crippen LogP contribution in [0.4, 0.5) is 11.4 Å². The minimum atomic E-state index is -0.372. The molecule has 222 valence electrons. The number of carbonyl (C=O) groups excluding carboxylic acids is 1. The molecule has 1 amide bonds. The molecule has 1 N–H and O–H groups in total. The van der Waals surface area contributed by atoms with Gasteiger partial charge in [0.15, 0.2) is 0 Å². The lowest BCUT2D eigenvalue weighted by atomic mass is 9.70. The maximum atomic E-state index is 13.8. The molecule has 0 radical (unpaired) electrons. The van der Waals surface area contributed by atoms with E-state index in [-0.39, 0.29) is 45.9 Å². The van der Waals surface area contributed by atoms with Crippen LogP contribution in [0.1, 0.15) is 48.7 Å².